The monoisotopic (exact) mass is 370 g/mol. The normalized spacial score (nSPS) is 44.7. The summed E-state index contributed by atoms with van der Waals surface area (Å²) >= 11 is 0. The Bertz CT molecular complexity index is 857. The molecule has 7 unspecified atom stereocenters. The van der Waals surface area contributed by atoms with Gasteiger partial charge in [-0.15, -0.1) is 0 Å². The highest BCUT2D eigenvalue weighted by Crippen LogP contribution is 2.67. The molecule has 1 aromatic carbocycles. The van der Waals surface area contributed by atoms with Crippen molar-refractivity contribution < 1.29 is 19.4 Å². The number of aliphatic hydroxyl groups excluding tert-OH is 1. The van der Waals surface area contributed by atoms with E-state index in [1.165, 1.54) is 11.3 Å². The van der Waals surface area contributed by atoms with E-state index >= 15 is 0 Å². The van der Waals surface area contributed by atoms with Crippen LogP contribution >= 0.6 is 0 Å². The number of aliphatic hydroxyl groups is 1. The lowest BCUT2D eigenvalue weighted by atomic mass is 9.49. The minimum Gasteiger partial charge on any atom is -0.497 e. The molecule has 6 nitrogen and oxygen atoms in total. The summed E-state index contributed by atoms with van der Waals surface area (Å²) in [6, 6.07) is 6.95. The molecule has 4 fully saturated rings. The summed E-state index contributed by atoms with van der Waals surface area (Å²) in [6.45, 7) is 3.39. The van der Waals surface area contributed by atoms with Crippen LogP contribution in [-0.4, -0.2) is 67.0 Å². The van der Waals surface area contributed by atoms with Crippen LogP contribution in [0, 0.1) is 11.8 Å². The van der Waals surface area contributed by atoms with Crippen LogP contribution in [0.3, 0.4) is 0 Å². The molecule has 3 saturated heterocycles. The van der Waals surface area contributed by atoms with Gasteiger partial charge in [0, 0.05) is 42.7 Å². The van der Waals surface area contributed by atoms with Crippen LogP contribution in [0.1, 0.15) is 25.3 Å². The molecular formula is C21H26N2O4. The maximum absolute atomic E-state index is 13.3. The lowest BCUT2D eigenvalue weighted by molar-refractivity contribution is -0.179. The van der Waals surface area contributed by atoms with Crippen LogP contribution in [0.5, 0.6) is 5.75 Å². The highest BCUT2D eigenvalue weighted by molar-refractivity contribution is 5.83. The van der Waals surface area contributed by atoms with Crippen molar-refractivity contribution in [1.82, 2.24) is 4.90 Å². The number of ether oxygens (including phenoxy) is 2. The Morgan fingerprint density at radius 2 is 2.22 bits per heavy atom. The second-order valence-corrected chi connectivity index (χ2v) is 9.14. The number of piperidine rings is 2. The second-order valence-electron chi connectivity index (χ2n) is 9.14. The number of hydrogen-bond acceptors (Lipinski definition) is 6. The van der Waals surface area contributed by atoms with E-state index in [9.17, 15) is 9.90 Å². The summed E-state index contributed by atoms with van der Waals surface area (Å²) in [4.78, 5) is 18.1. The molecule has 0 aromatic heterocycles. The number of esters is 1. The van der Waals surface area contributed by atoms with E-state index in [2.05, 4.69) is 29.0 Å². The van der Waals surface area contributed by atoms with E-state index in [0.29, 0.717) is 12.6 Å². The van der Waals surface area contributed by atoms with Gasteiger partial charge in [0.1, 0.15) is 5.75 Å². The minimum absolute atomic E-state index is 0.0873. The summed E-state index contributed by atoms with van der Waals surface area (Å²) in [5, 5.41) is 10.6. The van der Waals surface area contributed by atoms with E-state index in [4.69, 9.17) is 9.47 Å². The third-order valence-electron chi connectivity index (χ3n) is 8.46. The first-order valence-corrected chi connectivity index (χ1v) is 10.0. The van der Waals surface area contributed by atoms with Gasteiger partial charge in [-0.25, -0.2) is 0 Å². The predicted molar refractivity (Wildman–Crippen MR) is 98.9 cm³/mol. The van der Waals surface area contributed by atoms with Crippen LogP contribution in [0.2, 0.25) is 0 Å². The smallest absolute Gasteiger partial charge is 0.311 e. The molecule has 144 valence electrons. The van der Waals surface area contributed by atoms with E-state index < -0.39 is 11.7 Å². The van der Waals surface area contributed by atoms with Gasteiger partial charge in [-0.05, 0) is 37.9 Å². The Balaban J connectivity index is 1.61. The number of nitrogens with zero attached hydrogens (tertiary/aromatic N) is 2. The number of methoxy groups -OCH3 is 1. The molecule has 5 aliphatic rings. The highest BCUT2D eigenvalue weighted by atomic mass is 16.6. The van der Waals surface area contributed by atoms with Crippen LogP contribution in [0.4, 0.5) is 5.69 Å². The maximum Gasteiger partial charge on any atom is 0.311 e. The first-order chi connectivity index (χ1) is 12.9. The van der Waals surface area contributed by atoms with E-state index in [1.54, 1.807) is 14.0 Å². The summed E-state index contributed by atoms with van der Waals surface area (Å²) in [5.74, 6) is 0.656. The van der Waals surface area contributed by atoms with Crippen molar-refractivity contribution in [1.29, 1.82) is 0 Å². The predicted octanol–water partition coefficient (Wildman–Crippen LogP) is 1.15. The largest absolute Gasteiger partial charge is 0.497 e. The zero-order valence-corrected chi connectivity index (χ0v) is 16.0. The van der Waals surface area contributed by atoms with Crippen LogP contribution in [-0.2, 0) is 14.9 Å². The number of likely N-dealkylation sites (N-methyl/N-ethyl adjacent to an activating group) is 1. The molecule has 6 heteroatoms. The van der Waals surface area contributed by atoms with Crippen molar-refractivity contribution in [2.75, 3.05) is 32.1 Å². The molecule has 1 saturated carbocycles. The van der Waals surface area contributed by atoms with E-state index in [-0.39, 0.29) is 29.3 Å². The first-order valence-electron chi connectivity index (χ1n) is 10.0. The number of anilines is 1. The average Bonchev–Trinajstić information content (AvgIpc) is 3.12. The van der Waals surface area contributed by atoms with E-state index in [0.717, 1.165) is 25.1 Å². The lowest BCUT2D eigenvalue weighted by Crippen LogP contribution is -2.76. The van der Waals surface area contributed by atoms with Crippen LogP contribution < -0.4 is 9.64 Å². The number of carbonyl (C=O) groups excluding carboxylic acids is 1. The van der Waals surface area contributed by atoms with Gasteiger partial charge in [0.05, 0.1) is 25.2 Å². The lowest BCUT2D eigenvalue weighted by Gasteiger charge is -2.63. The topological polar surface area (TPSA) is 62.2 Å². The quantitative estimate of drug-likeness (QED) is 0.788. The molecule has 4 heterocycles. The van der Waals surface area contributed by atoms with Gasteiger partial charge in [-0.3, -0.25) is 9.69 Å². The van der Waals surface area contributed by atoms with Gasteiger partial charge in [-0.2, -0.15) is 0 Å². The van der Waals surface area contributed by atoms with Gasteiger partial charge in [-0.1, -0.05) is 6.07 Å². The zero-order chi connectivity index (χ0) is 18.7. The van der Waals surface area contributed by atoms with E-state index in [1.807, 2.05) is 6.07 Å². The molecule has 0 spiro atoms. The second kappa shape index (κ2) is 4.78. The number of benzene rings is 1. The van der Waals surface area contributed by atoms with Gasteiger partial charge in [0.2, 0.25) is 0 Å². The fourth-order valence-electron chi connectivity index (χ4n) is 7.47. The number of carbonyl (C=O) groups is 1. The van der Waals surface area contributed by atoms with Gasteiger partial charge in [0.15, 0.2) is 5.60 Å². The molecule has 27 heavy (non-hydrogen) atoms. The van der Waals surface area contributed by atoms with Crippen LogP contribution in [0.15, 0.2) is 18.2 Å². The third-order valence-corrected chi connectivity index (χ3v) is 8.46. The standard InChI is InChI=1S/C21H26N2O4/c1-11(24)21-10-23-7-6-20-13-5-4-12(26-3)8-15(13)22(2)18(20)16(23)9-14(21)17(20)19(25)27-21/h4-5,8,11,14,16-18,24H,6-7,9-10H2,1-3H3. The number of fused-ring (bicyclic) bond motifs is 1. The zero-order valence-electron chi connectivity index (χ0n) is 16.0. The minimum atomic E-state index is -0.746. The molecule has 3 bridgehead atoms. The first kappa shape index (κ1) is 16.2. The maximum atomic E-state index is 13.3. The molecular weight excluding hydrogens is 344 g/mol. The average molecular weight is 370 g/mol. The Morgan fingerprint density at radius 3 is 2.96 bits per heavy atom. The number of hydrogen-bond donors (Lipinski definition) is 1. The molecule has 1 aromatic rings. The molecule has 0 amide bonds. The number of rotatable bonds is 2. The van der Waals surface area contributed by atoms with Crippen molar-refractivity contribution in [3.63, 3.8) is 0 Å². The van der Waals surface area contributed by atoms with Crippen molar-refractivity contribution in [2.45, 2.75) is 49.0 Å². The third kappa shape index (κ3) is 1.57. The van der Waals surface area contributed by atoms with Crippen LogP contribution in [0.25, 0.3) is 0 Å². The SMILES string of the molecule is COc1ccc2c(c1)N(C)C1C3CC4C5C(=O)OC4(C(C)O)CN3CCC251. The highest BCUT2D eigenvalue weighted by Gasteiger charge is 2.76. The van der Waals surface area contributed by atoms with Crippen molar-refractivity contribution in [3.8, 4) is 5.75 Å². The fraction of sp³-hybridized carbons (Fsp3) is 0.667. The van der Waals surface area contributed by atoms with Gasteiger partial charge in [0.25, 0.3) is 0 Å². The van der Waals surface area contributed by atoms with Crippen molar-refractivity contribution in [2.24, 2.45) is 11.8 Å². The van der Waals surface area contributed by atoms with Gasteiger partial charge < -0.3 is 19.5 Å². The Labute approximate surface area is 159 Å². The summed E-state index contributed by atoms with van der Waals surface area (Å²) in [5.41, 5.74) is 1.46. The molecule has 0 radical (unpaired) electrons. The molecule has 6 rings (SSSR count). The molecule has 4 aliphatic heterocycles. The fourth-order valence-corrected chi connectivity index (χ4v) is 7.47. The van der Waals surface area contributed by atoms with Crippen molar-refractivity contribution in [3.05, 3.63) is 23.8 Å². The molecule has 7 atom stereocenters. The Hall–Kier alpha value is -1.79. The summed E-state index contributed by atoms with van der Waals surface area (Å²) in [6.07, 6.45) is 1.23. The summed E-state index contributed by atoms with van der Waals surface area (Å²) in [7, 11) is 3.85. The summed E-state index contributed by atoms with van der Waals surface area (Å²) < 4.78 is 11.5. The van der Waals surface area contributed by atoms with Gasteiger partial charge >= 0.3 is 5.97 Å². The Morgan fingerprint density at radius 1 is 1.41 bits per heavy atom. The molecule has 1 aliphatic carbocycles. The Kier molecular flexibility index (Phi) is 2.87. The molecule has 1 N–H and O–H groups in total. The van der Waals surface area contributed by atoms with Crippen molar-refractivity contribution >= 4 is 11.7 Å².